The second kappa shape index (κ2) is 8.66. The van der Waals surface area contributed by atoms with E-state index in [0.29, 0.717) is 49.0 Å². The number of benzene rings is 2. The summed E-state index contributed by atoms with van der Waals surface area (Å²) in [7, 11) is 0. The van der Waals surface area contributed by atoms with Crippen LogP contribution >= 0.6 is 0 Å². The van der Waals surface area contributed by atoms with Crippen molar-refractivity contribution in [3.8, 4) is 17.2 Å². The average molecular weight is 415 g/mol. The Bertz CT molecular complexity index is 1120. The number of aliphatic hydroxyl groups is 1. The Hall–Kier alpha value is -3.56. The van der Waals surface area contributed by atoms with Crippen molar-refractivity contribution in [1.29, 1.82) is 5.26 Å². The first kappa shape index (κ1) is 20.7. The molecule has 1 saturated heterocycles. The lowest BCUT2D eigenvalue weighted by Crippen LogP contribution is -2.47. The van der Waals surface area contributed by atoms with Crippen LogP contribution in [0.15, 0.2) is 67.0 Å². The number of nitriles is 1. The second-order valence-corrected chi connectivity index (χ2v) is 7.93. The first-order valence-electron chi connectivity index (χ1n) is 10.2. The Morgan fingerprint density at radius 2 is 1.77 bits per heavy atom. The number of carbonyl (C=O) groups excluding carboxylic acids is 1. The number of aromatic nitrogens is 1. The molecule has 31 heavy (non-hydrogen) atoms. The predicted molar refractivity (Wildman–Crippen MR) is 115 cm³/mol. The van der Waals surface area contributed by atoms with Crippen molar-refractivity contribution in [2.45, 2.75) is 24.9 Å². The number of likely N-dealkylation sites (tertiary alicyclic amines) is 1. The standard InChI is InChI=1S/C25H22FN3O2/c26-21-5-6-22(20-7-11-28-12-8-20)23(15-21)24(30)29-13-9-25(31,10-14-29)16-18-1-3-19(17-27)4-2-18/h1-8,11-12,15,31H,9-10,13-14,16H2. The maximum Gasteiger partial charge on any atom is 0.254 e. The third-order valence-corrected chi connectivity index (χ3v) is 5.80. The average Bonchev–Trinajstić information content (AvgIpc) is 2.80. The van der Waals surface area contributed by atoms with Crippen molar-refractivity contribution in [2.75, 3.05) is 13.1 Å². The Morgan fingerprint density at radius 1 is 1.10 bits per heavy atom. The van der Waals surface area contributed by atoms with Crippen LogP contribution in [0.25, 0.3) is 11.1 Å². The summed E-state index contributed by atoms with van der Waals surface area (Å²) in [4.78, 5) is 18.9. The molecule has 0 aliphatic carbocycles. The topological polar surface area (TPSA) is 77.2 Å². The van der Waals surface area contributed by atoms with Crippen LogP contribution in [0.5, 0.6) is 0 Å². The van der Waals surface area contributed by atoms with Gasteiger partial charge in [0, 0.05) is 31.9 Å². The number of amides is 1. The van der Waals surface area contributed by atoms with Crippen molar-refractivity contribution in [2.24, 2.45) is 0 Å². The molecule has 0 spiro atoms. The molecule has 1 amide bonds. The van der Waals surface area contributed by atoms with E-state index in [2.05, 4.69) is 11.1 Å². The number of nitrogens with zero attached hydrogens (tertiary/aromatic N) is 3. The number of rotatable bonds is 4. The number of pyridine rings is 1. The molecule has 1 aliphatic heterocycles. The molecule has 0 unspecified atom stereocenters. The summed E-state index contributed by atoms with van der Waals surface area (Å²) < 4.78 is 14.0. The summed E-state index contributed by atoms with van der Waals surface area (Å²) in [6.45, 7) is 0.774. The molecular formula is C25H22FN3O2. The lowest BCUT2D eigenvalue weighted by Gasteiger charge is -2.38. The van der Waals surface area contributed by atoms with Gasteiger partial charge in [0.05, 0.1) is 22.8 Å². The van der Waals surface area contributed by atoms with E-state index in [0.717, 1.165) is 11.1 Å². The Kier molecular flexibility index (Phi) is 5.79. The molecule has 1 aromatic heterocycles. The molecule has 1 N–H and O–H groups in total. The van der Waals surface area contributed by atoms with Gasteiger partial charge in [-0.25, -0.2) is 4.39 Å². The summed E-state index contributed by atoms with van der Waals surface area (Å²) in [5.41, 5.74) is 2.38. The number of carbonyl (C=O) groups is 1. The van der Waals surface area contributed by atoms with Crippen LogP contribution in [-0.2, 0) is 6.42 Å². The number of piperidine rings is 1. The monoisotopic (exact) mass is 415 g/mol. The SMILES string of the molecule is N#Cc1ccc(CC2(O)CCN(C(=O)c3cc(F)ccc3-c3ccncc3)CC2)cc1. The fourth-order valence-electron chi connectivity index (χ4n) is 4.03. The highest BCUT2D eigenvalue weighted by molar-refractivity contribution is 6.01. The summed E-state index contributed by atoms with van der Waals surface area (Å²) >= 11 is 0. The van der Waals surface area contributed by atoms with Crippen molar-refractivity contribution >= 4 is 5.91 Å². The van der Waals surface area contributed by atoms with E-state index in [9.17, 15) is 14.3 Å². The van der Waals surface area contributed by atoms with Gasteiger partial charge in [0.25, 0.3) is 5.91 Å². The van der Waals surface area contributed by atoms with Gasteiger partial charge in [-0.05, 0) is 65.9 Å². The third kappa shape index (κ3) is 4.62. The molecule has 6 heteroatoms. The zero-order valence-corrected chi connectivity index (χ0v) is 17.0. The molecule has 5 nitrogen and oxygen atoms in total. The lowest BCUT2D eigenvalue weighted by atomic mass is 9.85. The normalized spacial score (nSPS) is 15.3. The van der Waals surface area contributed by atoms with Gasteiger partial charge in [-0.3, -0.25) is 9.78 Å². The second-order valence-electron chi connectivity index (χ2n) is 7.93. The molecule has 1 aliphatic rings. The zero-order valence-electron chi connectivity index (χ0n) is 17.0. The molecule has 2 heterocycles. The number of hydrogen-bond donors (Lipinski definition) is 1. The largest absolute Gasteiger partial charge is 0.389 e. The Morgan fingerprint density at radius 3 is 2.42 bits per heavy atom. The zero-order chi connectivity index (χ0) is 21.8. The van der Waals surface area contributed by atoms with E-state index in [4.69, 9.17) is 5.26 Å². The van der Waals surface area contributed by atoms with Crippen LogP contribution in [0.1, 0.15) is 34.3 Å². The molecule has 0 radical (unpaired) electrons. The van der Waals surface area contributed by atoms with Gasteiger partial charge < -0.3 is 10.0 Å². The van der Waals surface area contributed by atoms with Crippen LogP contribution in [0.4, 0.5) is 4.39 Å². The predicted octanol–water partition coefficient (Wildman–Crippen LogP) is 3.97. The van der Waals surface area contributed by atoms with Crippen LogP contribution < -0.4 is 0 Å². The van der Waals surface area contributed by atoms with Crippen LogP contribution in [0.2, 0.25) is 0 Å². The summed E-state index contributed by atoms with van der Waals surface area (Å²) in [5.74, 6) is -0.706. The summed E-state index contributed by atoms with van der Waals surface area (Å²) in [6, 6.07) is 17.1. The fourth-order valence-corrected chi connectivity index (χ4v) is 4.03. The van der Waals surface area contributed by atoms with E-state index in [1.807, 2.05) is 12.1 Å². The van der Waals surface area contributed by atoms with E-state index >= 15 is 0 Å². The summed E-state index contributed by atoms with van der Waals surface area (Å²) in [5, 5.41) is 19.9. The molecule has 0 saturated carbocycles. The summed E-state index contributed by atoms with van der Waals surface area (Å²) in [6.07, 6.45) is 4.59. The quantitative estimate of drug-likeness (QED) is 0.700. The highest BCUT2D eigenvalue weighted by atomic mass is 19.1. The highest BCUT2D eigenvalue weighted by Crippen LogP contribution is 2.30. The highest BCUT2D eigenvalue weighted by Gasteiger charge is 2.34. The smallest absolute Gasteiger partial charge is 0.254 e. The Labute approximate surface area is 180 Å². The molecule has 4 rings (SSSR count). The third-order valence-electron chi connectivity index (χ3n) is 5.80. The van der Waals surface area contributed by atoms with Crippen molar-refractivity contribution in [3.63, 3.8) is 0 Å². The van der Waals surface area contributed by atoms with Crippen molar-refractivity contribution in [3.05, 3.63) is 89.5 Å². The number of hydrogen-bond acceptors (Lipinski definition) is 4. The van der Waals surface area contributed by atoms with Gasteiger partial charge in [0.15, 0.2) is 0 Å². The van der Waals surface area contributed by atoms with Gasteiger partial charge in [0.1, 0.15) is 5.82 Å². The van der Waals surface area contributed by atoms with E-state index in [1.165, 1.54) is 12.1 Å². The van der Waals surface area contributed by atoms with E-state index < -0.39 is 11.4 Å². The van der Waals surface area contributed by atoms with Crippen LogP contribution in [0.3, 0.4) is 0 Å². The minimum atomic E-state index is -0.916. The molecule has 1 fully saturated rings. The van der Waals surface area contributed by atoms with Crippen LogP contribution in [-0.4, -0.2) is 39.6 Å². The number of halogens is 1. The molecule has 0 atom stereocenters. The molecule has 3 aromatic rings. The van der Waals surface area contributed by atoms with Crippen molar-refractivity contribution in [1.82, 2.24) is 9.88 Å². The maximum absolute atomic E-state index is 14.0. The van der Waals surface area contributed by atoms with Crippen LogP contribution in [0, 0.1) is 17.1 Å². The fraction of sp³-hybridized carbons (Fsp3) is 0.240. The minimum Gasteiger partial charge on any atom is -0.389 e. The lowest BCUT2D eigenvalue weighted by molar-refractivity contribution is -0.0162. The van der Waals surface area contributed by atoms with Gasteiger partial charge in [-0.1, -0.05) is 18.2 Å². The molecule has 156 valence electrons. The van der Waals surface area contributed by atoms with Gasteiger partial charge >= 0.3 is 0 Å². The molecule has 0 bridgehead atoms. The van der Waals surface area contributed by atoms with Crippen molar-refractivity contribution < 1.29 is 14.3 Å². The van der Waals surface area contributed by atoms with Gasteiger partial charge in [-0.15, -0.1) is 0 Å². The van der Waals surface area contributed by atoms with Gasteiger partial charge in [-0.2, -0.15) is 5.26 Å². The molecular weight excluding hydrogens is 393 g/mol. The first-order chi connectivity index (χ1) is 15.0. The first-order valence-corrected chi connectivity index (χ1v) is 10.2. The maximum atomic E-state index is 14.0. The van der Waals surface area contributed by atoms with Gasteiger partial charge in [0.2, 0.25) is 0 Å². The van der Waals surface area contributed by atoms with E-state index in [-0.39, 0.29) is 5.91 Å². The minimum absolute atomic E-state index is 0.244. The Balaban J connectivity index is 1.48. The van der Waals surface area contributed by atoms with E-state index in [1.54, 1.807) is 47.6 Å². The molecule has 2 aromatic carbocycles.